The van der Waals surface area contributed by atoms with Gasteiger partial charge in [0.15, 0.2) is 0 Å². The molecule has 0 aromatic heterocycles. The number of anilines is 1. The maximum Gasteiger partial charge on any atom is 0.418 e. The number of halogens is 3. The Hall–Kier alpha value is -1.76. The lowest BCUT2D eigenvalue weighted by molar-refractivity contribution is -0.137. The number of ether oxygens (including phenoxy) is 1. The summed E-state index contributed by atoms with van der Waals surface area (Å²) in [6.07, 6.45) is -3.09. The summed E-state index contributed by atoms with van der Waals surface area (Å²) < 4.78 is 43.7. The SMILES string of the molecule is COc1ccc(NC(=O)[C@H]2CCCN2)c(C(F)(F)F)c1. The molecule has 1 saturated heterocycles. The number of rotatable bonds is 3. The van der Waals surface area contributed by atoms with Crippen LogP contribution in [0.25, 0.3) is 0 Å². The van der Waals surface area contributed by atoms with Crippen molar-refractivity contribution in [2.24, 2.45) is 0 Å². The van der Waals surface area contributed by atoms with Gasteiger partial charge in [-0.1, -0.05) is 0 Å². The van der Waals surface area contributed by atoms with Crippen molar-refractivity contribution in [1.29, 1.82) is 0 Å². The average molecular weight is 288 g/mol. The molecule has 4 nitrogen and oxygen atoms in total. The van der Waals surface area contributed by atoms with Crippen LogP contribution in [0.1, 0.15) is 18.4 Å². The van der Waals surface area contributed by atoms with Gasteiger partial charge in [0.2, 0.25) is 5.91 Å². The highest BCUT2D eigenvalue weighted by Gasteiger charge is 2.35. The molecule has 0 bridgehead atoms. The Morgan fingerprint density at radius 3 is 2.75 bits per heavy atom. The smallest absolute Gasteiger partial charge is 0.418 e. The predicted molar refractivity (Wildman–Crippen MR) is 67.7 cm³/mol. The average Bonchev–Trinajstić information content (AvgIpc) is 2.91. The molecule has 1 amide bonds. The second-order valence-corrected chi connectivity index (χ2v) is 4.55. The van der Waals surface area contributed by atoms with Crippen molar-refractivity contribution in [2.75, 3.05) is 19.0 Å². The minimum atomic E-state index is -4.56. The lowest BCUT2D eigenvalue weighted by atomic mass is 10.1. The topological polar surface area (TPSA) is 50.4 Å². The highest BCUT2D eigenvalue weighted by Crippen LogP contribution is 2.37. The van der Waals surface area contributed by atoms with Crippen LogP contribution >= 0.6 is 0 Å². The van der Waals surface area contributed by atoms with Crippen LogP contribution in [0, 0.1) is 0 Å². The van der Waals surface area contributed by atoms with Crippen molar-refractivity contribution >= 4 is 11.6 Å². The molecule has 0 spiro atoms. The number of hydrogen-bond acceptors (Lipinski definition) is 3. The van der Waals surface area contributed by atoms with E-state index < -0.39 is 23.7 Å². The third-order valence-electron chi connectivity index (χ3n) is 3.17. The first-order valence-corrected chi connectivity index (χ1v) is 6.21. The van der Waals surface area contributed by atoms with Crippen LogP contribution in [-0.2, 0) is 11.0 Å². The number of amides is 1. The first-order valence-electron chi connectivity index (χ1n) is 6.21. The normalized spacial score (nSPS) is 18.9. The van der Waals surface area contributed by atoms with E-state index >= 15 is 0 Å². The minimum absolute atomic E-state index is 0.0920. The highest BCUT2D eigenvalue weighted by atomic mass is 19.4. The summed E-state index contributed by atoms with van der Waals surface area (Å²) in [6, 6.07) is 3.03. The van der Waals surface area contributed by atoms with Crippen molar-refractivity contribution in [3.05, 3.63) is 23.8 Å². The van der Waals surface area contributed by atoms with Gasteiger partial charge in [-0.05, 0) is 37.6 Å². The molecule has 0 saturated carbocycles. The van der Waals surface area contributed by atoms with Crippen molar-refractivity contribution in [3.63, 3.8) is 0 Å². The van der Waals surface area contributed by atoms with Crippen LogP contribution in [-0.4, -0.2) is 25.6 Å². The summed E-state index contributed by atoms with van der Waals surface area (Å²) in [4.78, 5) is 11.9. The fourth-order valence-corrected chi connectivity index (χ4v) is 2.12. The van der Waals surface area contributed by atoms with Crippen molar-refractivity contribution in [2.45, 2.75) is 25.1 Å². The summed E-state index contributed by atoms with van der Waals surface area (Å²) in [6.45, 7) is 0.701. The summed E-state index contributed by atoms with van der Waals surface area (Å²) in [5.41, 5.74) is -1.17. The maximum absolute atomic E-state index is 13.0. The Labute approximate surface area is 114 Å². The number of alkyl halides is 3. The molecule has 2 N–H and O–H groups in total. The number of carbonyl (C=O) groups is 1. The van der Waals surface area contributed by atoms with Gasteiger partial charge in [0.25, 0.3) is 0 Å². The van der Waals surface area contributed by atoms with Gasteiger partial charge in [-0.3, -0.25) is 4.79 Å². The zero-order chi connectivity index (χ0) is 14.8. The quantitative estimate of drug-likeness (QED) is 0.898. The number of benzene rings is 1. The van der Waals surface area contributed by atoms with Crippen LogP contribution in [0.5, 0.6) is 5.75 Å². The molecular formula is C13H15F3N2O2. The van der Waals surface area contributed by atoms with E-state index in [4.69, 9.17) is 4.74 Å². The Kier molecular flexibility index (Phi) is 4.17. The number of carbonyl (C=O) groups excluding carboxylic acids is 1. The van der Waals surface area contributed by atoms with E-state index in [1.54, 1.807) is 0 Å². The van der Waals surface area contributed by atoms with Gasteiger partial charge in [-0.25, -0.2) is 0 Å². The van der Waals surface area contributed by atoms with Gasteiger partial charge < -0.3 is 15.4 Å². The molecule has 1 aliphatic heterocycles. The second-order valence-electron chi connectivity index (χ2n) is 4.55. The summed E-state index contributed by atoms with van der Waals surface area (Å²) in [5, 5.41) is 5.27. The highest BCUT2D eigenvalue weighted by molar-refractivity contribution is 5.95. The molecule has 0 radical (unpaired) electrons. The van der Waals surface area contributed by atoms with E-state index in [9.17, 15) is 18.0 Å². The molecule has 1 aromatic rings. The Bertz CT molecular complexity index is 497. The third-order valence-corrected chi connectivity index (χ3v) is 3.17. The maximum atomic E-state index is 13.0. The van der Waals surface area contributed by atoms with E-state index in [-0.39, 0.29) is 11.4 Å². The molecule has 1 heterocycles. The summed E-state index contributed by atoms with van der Waals surface area (Å²) in [7, 11) is 1.29. The Balaban J connectivity index is 2.24. The molecule has 110 valence electrons. The fourth-order valence-electron chi connectivity index (χ4n) is 2.12. The Morgan fingerprint density at radius 1 is 1.45 bits per heavy atom. The van der Waals surface area contributed by atoms with E-state index in [0.717, 1.165) is 12.5 Å². The second kappa shape index (κ2) is 5.70. The zero-order valence-corrected chi connectivity index (χ0v) is 10.9. The fraction of sp³-hybridized carbons (Fsp3) is 0.462. The first kappa shape index (κ1) is 14.6. The molecule has 0 unspecified atom stereocenters. The van der Waals surface area contributed by atoms with Gasteiger partial charge in [-0.15, -0.1) is 0 Å². The lowest BCUT2D eigenvalue weighted by Gasteiger charge is -2.17. The van der Waals surface area contributed by atoms with E-state index in [2.05, 4.69) is 10.6 Å². The van der Waals surface area contributed by atoms with E-state index in [1.807, 2.05) is 0 Å². The van der Waals surface area contributed by atoms with Crippen molar-refractivity contribution in [1.82, 2.24) is 5.32 Å². The van der Waals surface area contributed by atoms with Crippen LogP contribution in [0.4, 0.5) is 18.9 Å². The van der Waals surface area contributed by atoms with Gasteiger partial charge in [-0.2, -0.15) is 13.2 Å². The number of hydrogen-bond donors (Lipinski definition) is 2. The summed E-state index contributed by atoms with van der Waals surface area (Å²) in [5.74, 6) is -0.354. The van der Waals surface area contributed by atoms with Crippen LogP contribution in [0.3, 0.4) is 0 Å². The molecule has 1 fully saturated rings. The van der Waals surface area contributed by atoms with Gasteiger partial charge in [0.05, 0.1) is 24.4 Å². The molecule has 0 aliphatic carbocycles. The first-order chi connectivity index (χ1) is 9.41. The molecule has 2 rings (SSSR count). The minimum Gasteiger partial charge on any atom is -0.497 e. The third kappa shape index (κ3) is 3.22. The predicted octanol–water partition coefficient (Wildman–Crippen LogP) is 2.40. The standard InChI is InChI=1S/C13H15F3N2O2/c1-20-8-4-5-10(9(7-8)13(14,15)16)18-12(19)11-3-2-6-17-11/h4-5,7,11,17H,2-3,6H2,1H3,(H,18,19)/t11-/m1/s1. The number of nitrogens with one attached hydrogen (secondary N) is 2. The van der Waals surface area contributed by atoms with Crippen LogP contribution in [0.2, 0.25) is 0 Å². The van der Waals surface area contributed by atoms with E-state index in [0.29, 0.717) is 13.0 Å². The van der Waals surface area contributed by atoms with Crippen molar-refractivity contribution < 1.29 is 22.7 Å². The van der Waals surface area contributed by atoms with Crippen molar-refractivity contribution in [3.8, 4) is 5.75 Å². The summed E-state index contributed by atoms with van der Waals surface area (Å²) >= 11 is 0. The lowest BCUT2D eigenvalue weighted by Crippen LogP contribution is -2.36. The molecule has 1 aromatic carbocycles. The molecule has 1 atom stereocenters. The monoisotopic (exact) mass is 288 g/mol. The van der Waals surface area contributed by atoms with Gasteiger partial charge in [0, 0.05) is 0 Å². The molecule has 20 heavy (non-hydrogen) atoms. The van der Waals surface area contributed by atoms with E-state index in [1.165, 1.54) is 19.2 Å². The van der Waals surface area contributed by atoms with Crippen LogP contribution in [0.15, 0.2) is 18.2 Å². The molecule has 1 aliphatic rings. The van der Waals surface area contributed by atoms with Gasteiger partial charge >= 0.3 is 6.18 Å². The van der Waals surface area contributed by atoms with Crippen LogP contribution < -0.4 is 15.4 Å². The molecule has 7 heteroatoms. The zero-order valence-electron chi connectivity index (χ0n) is 10.9. The Morgan fingerprint density at radius 2 is 2.20 bits per heavy atom. The largest absolute Gasteiger partial charge is 0.497 e. The van der Waals surface area contributed by atoms with Gasteiger partial charge in [0.1, 0.15) is 5.75 Å². The molecular weight excluding hydrogens is 273 g/mol. The number of methoxy groups -OCH3 is 1.